The molecule has 1 aliphatic heterocycles. The van der Waals surface area contributed by atoms with E-state index in [1.54, 1.807) is 6.34 Å². The average molecular weight is 134 g/mol. The molecule has 0 aromatic rings. The molecular formula is C8H10N2. The van der Waals surface area contributed by atoms with E-state index >= 15 is 0 Å². The van der Waals surface area contributed by atoms with Gasteiger partial charge in [0.2, 0.25) is 0 Å². The molecule has 0 fully saturated rings. The van der Waals surface area contributed by atoms with Gasteiger partial charge >= 0.3 is 0 Å². The molecule has 1 aliphatic carbocycles. The van der Waals surface area contributed by atoms with Crippen LogP contribution in [-0.2, 0) is 0 Å². The van der Waals surface area contributed by atoms with Crippen LogP contribution in [0.3, 0.4) is 0 Å². The highest BCUT2D eigenvalue weighted by Crippen LogP contribution is 2.18. The molecule has 0 saturated heterocycles. The van der Waals surface area contributed by atoms with Gasteiger partial charge in [-0.1, -0.05) is 6.08 Å². The lowest BCUT2D eigenvalue weighted by Crippen LogP contribution is -2.21. The van der Waals surface area contributed by atoms with E-state index < -0.39 is 0 Å². The average Bonchev–Trinajstić information content (AvgIpc) is 2.05. The second kappa shape index (κ2) is 2.37. The fourth-order valence-electron chi connectivity index (χ4n) is 1.40. The first kappa shape index (κ1) is 5.83. The van der Waals surface area contributed by atoms with Crippen LogP contribution in [0.4, 0.5) is 0 Å². The third kappa shape index (κ3) is 0.897. The molecule has 2 heteroatoms. The number of rotatable bonds is 0. The maximum atomic E-state index is 4.19. The van der Waals surface area contributed by atoms with E-state index in [-0.39, 0.29) is 0 Å². The van der Waals surface area contributed by atoms with Crippen LogP contribution >= 0.6 is 0 Å². The van der Waals surface area contributed by atoms with E-state index in [1.807, 2.05) is 0 Å². The Hall–Kier alpha value is -0.920. The Bertz CT molecular complexity index is 213. The van der Waals surface area contributed by atoms with Gasteiger partial charge in [0.25, 0.3) is 0 Å². The van der Waals surface area contributed by atoms with Crippen molar-refractivity contribution in [2.45, 2.75) is 12.8 Å². The smallest absolute Gasteiger partial charge is 0.110 e. The molecule has 52 valence electrons. The molecule has 0 aromatic carbocycles. The summed E-state index contributed by atoms with van der Waals surface area (Å²) >= 11 is 0. The topological polar surface area (TPSA) is 24.7 Å². The van der Waals surface area contributed by atoms with Crippen LogP contribution in [0.5, 0.6) is 0 Å². The summed E-state index contributed by atoms with van der Waals surface area (Å²) in [4.78, 5) is 8.30. The molecule has 1 atom stereocenters. The molecule has 0 aromatic heterocycles. The molecule has 1 unspecified atom stereocenters. The Labute approximate surface area is 60.4 Å². The van der Waals surface area contributed by atoms with Crippen molar-refractivity contribution in [3.8, 4) is 0 Å². The number of fused-ring (bicyclic) bond motifs is 1. The van der Waals surface area contributed by atoms with Crippen molar-refractivity contribution in [2.75, 3.05) is 6.54 Å². The van der Waals surface area contributed by atoms with Gasteiger partial charge in [-0.15, -0.1) is 0 Å². The SMILES string of the molecule is C1=CC2=NC=NCC2CC1. The minimum Gasteiger partial charge on any atom is -0.273 e. The lowest BCUT2D eigenvalue weighted by molar-refractivity contribution is 0.632. The largest absolute Gasteiger partial charge is 0.273 e. The quantitative estimate of drug-likeness (QED) is 0.479. The Morgan fingerprint density at radius 2 is 2.50 bits per heavy atom. The lowest BCUT2D eigenvalue weighted by Gasteiger charge is -2.19. The van der Waals surface area contributed by atoms with E-state index in [2.05, 4.69) is 22.1 Å². The second-order valence-corrected chi connectivity index (χ2v) is 2.71. The maximum Gasteiger partial charge on any atom is 0.110 e. The molecule has 2 aliphatic rings. The third-order valence-electron chi connectivity index (χ3n) is 2.00. The fourth-order valence-corrected chi connectivity index (χ4v) is 1.40. The van der Waals surface area contributed by atoms with Crippen LogP contribution in [-0.4, -0.2) is 18.6 Å². The normalized spacial score (nSPS) is 29.6. The minimum atomic E-state index is 0.620. The van der Waals surface area contributed by atoms with Gasteiger partial charge in [-0.25, -0.2) is 4.99 Å². The molecule has 0 N–H and O–H groups in total. The summed E-state index contributed by atoms with van der Waals surface area (Å²) in [6.45, 7) is 0.948. The Morgan fingerprint density at radius 1 is 1.50 bits per heavy atom. The number of nitrogens with zero attached hydrogens (tertiary/aromatic N) is 2. The van der Waals surface area contributed by atoms with Gasteiger partial charge in [-0.3, -0.25) is 4.99 Å². The van der Waals surface area contributed by atoms with Crippen molar-refractivity contribution in [1.82, 2.24) is 0 Å². The highest BCUT2D eigenvalue weighted by atomic mass is 14.9. The predicted octanol–water partition coefficient (Wildman–Crippen LogP) is 1.44. The second-order valence-electron chi connectivity index (χ2n) is 2.71. The monoisotopic (exact) mass is 134 g/mol. The van der Waals surface area contributed by atoms with Crippen LogP contribution in [0.1, 0.15) is 12.8 Å². The molecule has 0 saturated carbocycles. The van der Waals surface area contributed by atoms with Crippen molar-refractivity contribution < 1.29 is 0 Å². The summed E-state index contributed by atoms with van der Waals surface area (Å²) in [5.41, 5.74) is 1.22. The zero-order valence-electron chi connectivity index (χ0n) is 5.83. The summed E-state index contributed by atoms with van der Waals surface area (Å²) in [7, 11) is 0. The van der Waals surface area contributed by atoms with Gasteiger partial charge in [0.05, 0.1) is 0 Å². The van der Waals surface area contributed by atoms with Crippen molar-refractivity contribution in [3.63, 3.8) is 0 Å². The van der Waals surface area contributed by atoms with Gasteiger partial charge in [0.1, 0.15) is 6.34 Å². The number of aliphatic imine (C=N–C) groups is 2. The summed E-state index contributed by atoms with van der Waals surface area (Å²) in [6.07, 6.45) is 8.40. The highest BCUT2D eigenvalue weighted by molar-refractivity contribution is 6.02. The van der Waals surface area contributed by atoms with Crippen molar-refractivity contribution >= 4 is 12.1 Å². The molecule has 1 heterocycles. The predicted molar refractivity (Wildman–Crippen MR) is 42.7 cm³/mol. The number of hydrogen-bond acceptors (Lipinski definition) is 2. The molecule has 2 nitrogen and oxygen atoms in total. The Kier molecular flexibility index (Phi) is 1.38. The Balaban J connectivity index is 2.27. The van der Waals surface area contributed by atoms with Crippen LogP contribution in [0.2, 0.25) is 0 Å². The van der Waals surface area contributed by atoms with E-state index in [0.717, 1.165) is 6.54 Å². The standard InChI is InChI=1S/C8H10N2/c1-2-4-8-7(3-1)5-9-6-10-8/h2,4,6-7H,1,3,5H2. The summed E-state index contributed by atoms with van der Waals surface area (Å²) in [5, 5.41) is 0. The van der Waals surface area contributed by atoms with Crippen LogP contribution in [0.25, 0.3) is 0 Å². The van der Waals surface area contributed by atoms with Gasteiger partial charge in [0, 0.05) is 18.2 Å². The molecule has 2 rings (SSSR count). The first-order valence-electron chi connectivity index (χ1n) is 3.69. The number of allylic oxidation sites excluding steroid dienone is 2. The summed E-state index contributed by atoms with van der Waals surface area (Å²) < 4.78 is 0. The Morgan fingerprint density at radius 3 is 3.40 bits per heavy atom. The molecular weight excluding hydrogens is 124 g/mol. The first-order valence-corrected chi connectivity index (χ1v) is 3.69. The molecule has 0 amide bonds. The van der Waals surface area contributed by atoms with E-state index in [0.29, 0.717) is 5.92 Å². The molecule has 0 bridgehead atoms. The third-order valence-corrected chi connectivity index (χ3v) is 2.00. The molecule has 0 radical (unpaired) electrons. The lowest BCUT2D eigenvalue weighted by atomic mass is 9.92. The van der Waals surface area contributed by atoms with Crippen molar-refractivity contribution in [3.05, 3.63) is 12.2 Å². The molecule has 10 heavy (non-hydrogen) atoms. The van der Waals surface area contributed by atoms with Crippen LogP contribution < -0.4 is 0 Å². The first-order chi connectivity index (χ1) is 4.97. The van der Waals surface area contributed by atoms with Gasteiger partial charge < -0.3 is 0 Å². The number of hydrogen-bond donors (Lipinski definition) is 0. The van der Waals surface area contributed by atoms with Gasteiger partial charge in [-0.2, -0.15) is 0 Å². The minimum absolute atomic E-state index is 0.620. The van der Waals surface area contributed by atoms with Crippen LogP contribution in [0.15, 0.2) is 22.1 Å². The molecule has 0 spiro atoms. The van der Waals surface area contributed by atoms with Crippen molar-refractivity contribution in [1.29, 1.82) is 0 Å². The van der Waals surface area contributed by atoms with Crippen LogP contribution in [0, 0.1) is 5.92 Å². The summed E-state index contributed by atoms with van der Waals surface area (Å²) in [5.74, 6) is 0.620. The highest BCUT2D eigenvalue weighted by Gasteiger charge is 2.17. The van der Waals surface area contributed by atoms with Crippen molar-refractivity contribution in [2.24, 2.45) is 15.9 Å². The van der Waals surface area contributed by atoms with E-state index in [1.165, 1.54) is 18.6 Å². The zero-order chi connectivity index (χ0) is 6.81. The van der Waals surface area contributed by atoms with E-state index in [9.17, 15) is 0 Å². The zero-order valence-corrected chi connectivity index (χ0v) is 5.83. The van der Waals surface area contributed by atoms with Gasteiger partial charge in [0.15, 0.2) is 0 Å². The summed E-state index contributed by atoms with van der Waals surface area (Å²) in [6, 6.07) is 0. The fraction of sp³-hybridized carbons (Fsp3) is 0.500. The van der Waals surface area contributed by atoms with E-state index in [4.69, 9.17) is 0 Å². The van der Waals surface area contributed by atoms with Gasteiger partial charge in [-0.05, 0) is 18.9 Å². The maximum absolute atomic E-state index is 4.19.